The van der Waals surface area contributed by atoms with Crippen LogP contribution in [-0.2, 0) is 19.6 Å². The molecule has 2 nitrogen and oxygen atoms in total. The number of anilines is 1. The molecule has 0 aromatic heterocycles. The summed E-state index contributed by atoms with van der Waals surface area (Å²) in [6, 6.07) is 22.0. The Morgan fingerprint density at radius 1 is 0.846 bits per heavy atom. The van der Waals surface area contributed by atoms with Crippen LogP contribution in [0.2, 0.25) is 10.0 Å². The van der Waals surface area contributed by atoms with E-state index in [9.17, 15) is 0 Å². The molecule has 0 unspecified atom stereocenters. The molecule has 0 atom stereocenters. The van der Waals surface area contributed by atoms with Crippen LogP contribution >= 0.6 is 23.2 Å². The molecule has 3 aromatic rings. The molecular formula is C22H21Cl2NO. The molecule has 0 aliphatic carbocycles. The average molecular weight is 386 g/mol. The van der Waals surface area contributed by atoms with Gasteiger partial charge in [-0.2, -0.15) is 0 Å². The van der Waals surface area contributed by atoms with Crippen molar-refractivity contribution < 1.29 is 4.74 Å². The molecule has 0 heterocycles. The lowest BCUT2D eigenvalue weighted by atomic mass is 10.1. The van der Waals surface area contributed by atoms with Crippen LogP contribution < -0.4 is 10.1 Å². The first kappa shape index (κ1) is 18.6. The third-order valence-corrected chi connectivity index (χ3v) is 4.67. The number of hydrogen-bond acceptors (Lipinski definition) is 2. The molecule has 0 aliphatic heterocycles. The van der Waals surface area contributed by atoms with Crippen molar-refractivity contribution in [3.8, 4) is 5.75 Å². The van der Waals surface area contributed by atoms with Gasteiger partial charge >= 0.3 is 0 Å². The Kier molecular flexibility index (Phi) is 6.43. The Morgan fingerprint density at radius 3 is 2.31 bits per heavy atom. The fraction of sp³-hybridized carbons (Fsp3) is 0.182. The minimum absolute atomic E-state index is 0.432. The SMILES string of the molecule is CCc1ccc(NCc2ccc(OCc3cccc(Cl)c3)c(Cl)c2)cc1. The van der Waals surface area contributed by atoms with Gasteiger partial charge in [-0.05, 0) is 59.5 Å². The molecule has 3 rings (SSSR count). The topological polar surface area (TPSA) is 21.3 Å². The van der Waals surface area contributed by atoms with Crippen LogP contribution in [-0.4, -0.2) is 0 Å². The quantitative estimate of drug-likeness (QED) is 0.485. The van der Waals surface area contributed by atoms with Crippen LogP contribution in [0.5, 0.6) is 5.75 Å². The Morgan fingerprint density at radius 2 is 1.62 bits per heavy atom. The van der Waals surface area contributed by atoms with Gasteiger partial charge < -0.3 is 10.1 Å². The van der Waals surface area contributed by atoms with E-state index in [2.05, 4.69) is 36.5 Å². The van der Waals surface area contributed by atoms with Crippen molar-refractivity contribution in [3.63, 3.8) is 0 Å². The van der Waals surface area contributed by atoms with E-state index in [1.807, 2.05) is 42.5 Å². The van der Waals surface area contributed by atoms with Crippen molar-refractivity contribution in [2.24, 2.45) is 0 Å². The van der Waals surface area contributed by atoms with Crippen molar-refractivity contribution in [3.05, 3.63) is 93.5 Å². The van der Waals surface area contributed by atoms with Crippen molar-refractivity contribution in [2.75, 3.05) is 5.32 Å². The largest absolute Gasteiger partial charge is 0.487 e. The van der Waals surface area contributed by atoms with Crippen molar-refractivity contribution in [1.82, 2.24) is 0 Å². The van der Waals surface area contributed by atoms with Gasteiger partial charge in [0.1, 0.15) is 12.4 Å². The number of benzene rings is 3. The summed E-state index contributed by atoms with van der Waals surface area (Å²) >= 11 is 12.4. The molecular weight excluding hydrogens is 365 g/mol. The smallest absolute Gasteiger partial charge is 0.138 e. The highest BCUT2D eigenvalue weighted by Gasteiger charge is 2.05. The van der Waals surface area contributed by atoms with Gasteiger partial charge in [-0.15, -0.1) is 0 Å². The molecule has 0 aliphatic rings. The first-order valence-electron chi connectivity index (χ1n) is 8.62. The molecule has 0 saturated heterocycles. The number of nitrogens with one attached hydrogen (secondary N) is 1. The summed E-state index contributed by atoms with van der Waals surface area (Å²) in [6.07, 6.45) is 1.05. The van der Waals surface area contributed by atoms with Gasteiger partial charge in [-0.1, -0.05) is 60.5 Å². The molecule has 0 bridgehead atoms. The summed E-state index contributed by atoms with van der Waals surface area (Å²) in [6.45, 7) is 3.29. The fourth-order valence-electron chi connectivity index (χ4n) is 2.62. The summed E-state index contributed by atoms with van der Waals surface area (Å²) in [5, 5.41) is 4.71. The first-order chi connectivity index (χ1) is 12.6. The lowest BCUT2D eigenvalue weighted by Gasteiger charge is -2.11. The predicted octanol–water partition coefficient (Wildman–Crippen LogP) is 6.75. The van der Waals surface area contributed by atoms with E-state index in [4.69, 9.17) is 27.9 Å². The maximum atomic E-state index is 6.37. The van der Waals surface area contributed by atoms with Crippen molar-refractivity contribution in [2.45, 2.75) is 26.5 Å². The second-order valence-corrected chi connectivity index (χ2v) is 6.93. The van der Waals surface area contributed by atoms with Crippen LogP contribution in [0.15, 0.2) is 66.7 Å². The zero-order valence-corrected chi connectivity index (χ0v) is 16.1. The lowest BCUT2D eigenvalue weighted by molar-refractivity contribution is 0.306. The summed E-state index contributed by atoms with van der Waals surface area (Å²) < 4.78 is 5.81. The number of halogens is 2. The molecule has 0 radical (unpaired) electrons. The van der Waals surface area contributed by atoms with E-state index < -0.39 is 0 Å². The van der Waals surface area contributed by atoms with E-state index in [0.29, 0.717) is 28.9 Å². The number of ether oxygens (including phenoxy) is 1. The molecule has 134 valence electrons. The Hall–Kier alpha value is -2.16. The zero-order chi connectivity index (χ0) is 18.4. The fourth-order valence-corrected chi connectivity index (χ4v) is 3.09. The highest BCUT2D eigenvalue weighted by Crippen LogP contribution is 2.27. The van der Waals surface area contributed by atoms with Gasteiger partial charge in [-0.3, -0.25) is 0 Å². The normalized spacial score (nSPS) is 10.6. The third kappa shape index (κ3) is 5.17. The maximum absolute atomic E-state index is 6.37. The first-order valence-corrected chi connectivity index (χ1v) is 9.38. The Labute approximate surface area is 164 Å². The molecule has 0 spiro atoms. The molecule has 0 fully saturated rings. The van der Waals surface area contributed by atoms with E-state index in [1.54, 1.807) is 0 Å². The van der Waals surface area contributed by atoms with Gasteiger partial charge in [0, 0.05) is 17.3 Å². The molecule has 0 saturated carbocycles. The standard InChI is InChI=1S/C22H21Cl2NO/c1-2-16-6-9-20(10-7-16)25-14-17-8-11-22(21(24)13-17)26-15-18-4-3-5-19(23)12-18/h3-13,25H,2,14-15H2,1H3. The summed E-state index contributed by atoms with van der Waals surface area (Å²) in [4.78, 5) is 0. The second-order valence-electron chi connectivity index (χ2n) is 6.09. The van der Waals surface area contributed by atoms with Crippen LogP contribution in [0.4, 0.5) is 5.69 Å². The molecule has 0 amide bonds. The lowest BCUT2D eigenvalue weighted by Crippen LogP contribution is -2.00. The van der Waals surface area contributed by atoms with Crippen LogP contribution in [0, 0.1) is 0 Å². The van der Waals surface area contributed by atoms with Gasteiger partial charge in [0.2, 0.25) is 0 Å². The summed E-state index contributed by atoms with van der Waals surface area (Å²) in [7, 11) is 0. The maximum Gasteiger partial charge on any atom is 0.138 e. The number of rotatable bonds is 7. The van der Waals surface area contributed by atoms with Gasteiger partial charge in [0.15, 0.2) is 0 Å². The number of hydrogen-bond donors (Lipinski definition) is 1. The van der Waals surface area contributed by atoms with Gasteiger partial charge in [0.25, 0.3) is 0 Å². The van der Waals surface area contributed by atoms with Crippen LogP contribution in [0.1, 0.15) is 23.6 Å². The van der Waals surface area contributed by atoms with Gasteiger partial charge in [-0.25, -0.2) is 0 Å². The number of aryl methyl sites for hydroxylation is 1. The highest BCUT2D eigenvalue weighted by atomic mass is 35.5. The zero-order valence-electron chi connectivity index (χ0n) is 14.6. The van der Waals surface area contributed by atoms with Crippen LogP contribution in [0.25, 0.3) is 0 Å². The minimum atomic E-state index is 0.432. The van der Waals surface area contributed by atoms with Crippen molar-refractivity contribution in [1.29, 1.82) is 0 Å². The van der Waals surface area contributed by atoms with E-state index in [0.717, 1.165) is 23.2 Å². The monoisotopic (exact) mass is 385 g/mol. The molecule has 1 N–H and O–H groups in total. The molecule has 26 heavy (non-hydrogen) atoms. The highest BCUT2D eigenvalue weighted by molar-refractivity contribution is 6.32. The average Bonchev–Trinajstić information content (AvgIpc) is 2.66. The molecule has 3 aromatic carbocycles. The van der Waals surface area contributed by atoms with E-state index in [1.165, 1.54) is 5.56 Å². The third-order valence-electron chi connectivity index (χ3n) is 4.14. The van der Waals surface area contributed by atoms with Crippen LogP contribution in [0.3, 0.4) is 0 Å². The van der Waals surface area contributed by atoms with Crippen molar-refractivity contribution >= 4 is 28.9 Å². The Bertz CT molecular complexity index is 862. The van der Waals surface area contributed by atoms with E-state index in [-0.39, 0.29) is 0 Å². The minimum Gasteiger partial charge on any atom is -0.487 e. The Balaban J connectivity index is 1.58. The van der Waals surface area contributed by atoms with E-state index >= 15 is 0 Å². The van der Waals surface area contributed by atoms with Gasteiger partial charge in [0.05, 0.1) is 5.02 Å². The summed E-state index contributed by atoms with van der Waals surface area (Å²) in [5.41, 5.74) is 4.54. The predicted molar refractivity (Wildman–Crippen MR) is 110 cm³/mol. The summed E-state index contributed by atoms with van der Waals surface area (Å²) in [5.74, 6) is 0.669. The molecule has 4 heteroatoms. The second kappa shape index (κ2) is 8.98.